The molecule has 1 aliphatic heterocycles. The van der Waals surface area contributed by atoms with E-state index in [0.717, 1.165) is 5.56 Å². The van der Waals surface area contributed by atoms with Crippen molar-refractivity contribution < 1.29 is 27.4 Å². The molecule has 9 nitrogen and oxygen atoms in total. The van der Waals surface area contributed by atoms with E-state index >= 15 is 0 Å². The normalized spacial score (nSPS) is 18.2. The monoisotopic (exact) mass is 516 g/mol. The Kier molecular flexibility index (Phi) is 6.67. The fraction of sp³-hybridized carbons (Fsp3) is 0.400. The zero-order valence-electron chi connectivity index (χ0n) is 20.6. The number of benzene rings is 2. The quantitative estimate of drug-likeness (QED) is 0.378. The van der Waals surface area contributed by atoms with Gasteiger partial charge in [0.05, 0.1) is 32.8 Å². The van der Waals surface area contributed by atoms with E-state index in [9.17, 15) is 13.2 Å². The van der Waals surface area contributed by atoms with Gasteiger partial charge in [0.2, 0.25) is 5.95 Å². The zero-order valence-corrected chi connectivity index (χ0v) is 20.6. The number of piperidine rings is 1. The average Bonchev–Trinajstić information content (AvgIpc) is 3.37. The predicted molar refractivity (Wildman–Crippen MR) is 131 cm³/mol. The van der Waals surface area contributed by atoms with Gasteiger partial charge in [-0.3, -0.25) is 0 Å². The maximum atomic E-state index is 13.4. The first-order valence-corrected chi connectivity index (χ1v) is 11.8. The van der Waals surface area contributed by atoms with E-state index in [4.69, 9.17) is 24.2 Å². The molecule has 5 rings (SSSR count). The molecule has 0 radical (unpaired) electrons. The number of hydrogen-bond donors (Lipinski definition) is 2. The Bertz CT molecular complexity index is 1420. The Morgan fingerprint density at radius 2 is 1.76 bits per heavy atom. The molecule has 3 heterocycles. The summed E-state index contributed by atoms with van der Waals surface area (Å²) in [6, 6.07) is 10.9. The van der Waals surface area contributed by atoms with E-state index in [1.54, 1.807) is 44.0 Å². The molecule has 2 aromatic heterocycles. The van der Waals surface area contributed by atoms with E-state index in [1.165, 1.54) is 0 Å². The largest absolute Gasteiger partial charge is 0.497 e. The summed E-state index contributed by atoms with van der Waals surface area (Å²) in [4.78, 5) is 9.43. The lowest BCUT2D eigenvalue weighted by atomic mass is 9.89. The fourth-order valence-corrected chi connectivity index (χ4v) is 4.58. The van der Waals surface area contributed by atoms with Gasteiger partial charge in [-0.2, -0.15) is 17.7 Å². The molecule has 4 aromatic rings. The molecule has 0 aliphatic carbocycles. The number of fused-ring (bicyclic) bond motifs is 3. The van der Waals surface area contributed by atoms with Gasteiger partial charge in [-0.15, -0.1) is 5.10 Å². The van der Waals surface area contributed by atoms with Gasteiger partial charge in [0.25, 0.3) is 0 Å². The third kappa shape index (κ3) is 4.93. The maximum Gasteiger partial charge on any atom is 0.393 e. The molecular weight excluding hydrogens is 489 g/mol. The van der Waals surface area contributed by atoms with E-state index in [2.05, 4.69) is 15.7 Å². The number of methoxy groups -OCH3 is 3. The van der Waals surface area contributed by atoms with Gasteiger partial charge in [-0.1, -0.05) is 0 Å². The van der Waals surface area contributed by atoms with Crippen LogP contribution in [0.4, 0.5) is 19.1 Å². The van der Waals surface area contributed by atoms with Crippen LogP contribution in [0.25, 0.3) is 16.6 Å². The molecule has 2 N–H and O–H groups in total. The lowest BCUT2D eigenvalue weighted by Gasteiger charge is -2.29. The van der Waals surface area contributed by atoms with Crippen LogP contribution in [0.15, 0.2) is 36.4 Å². The van der Waals surface area contributed by atoms with Gasteiger partial charge in [0.15, 0.2) is 11.5 Å². The SMILES string of the molecule is COc1ccc(CNc2nc3cc(OC)ccc3c3nc(C4CNCC(C(F)(F)F)C4)nn23)c(OC)c1. The van der Waals surface area contributed by atoms with Crippen LogP contribution in [0.3, 0.4) is 0 Å². The second kappa shape index (κ2) is 9.92. The van der Waals surface area contributed by atoms with Gasteiger partial charge in [0.1, 0.15) is 17.2 Å². The van der Waals surface area contributed by atoms with Crippen LogP contribution in [0, 0.1) is 5.92 Å². The summed E-state index contributed by atoms with van der Waals surface area (Å²) >= 11 is 0. The number of aromatic nitrogens is 4. The minimum Gasteiger partial charge on any atom is -0.497 e. The van der Waals surface area contributed by atoms with Crippen LogP contribution in [0.2, 0.25) is 0 Å². The molecule has 1 fully saturated rings. The third-order valence-corrected chi connectivity index (χ3v) is 6.61. The summed E-state index contributed by atoms with van der Waals surface area (Å²) in [6.45, 7) is 0.615. The van der Waals surface area contributed by atoms with Crippen molar-refractivity contribution >= 4 is 22.5 Å². The summed E-state index contributed by atoms with van der Waals surface area (Å²) in [5.74, 6) is 0.728. The minimum atomic E-state index is -4.28. The van der Waals surface area contributed by atoms with Gasteiger partial charge < -0.3 is 24.8 Å². The highest BCUT2D eigenvalue weighted by molar-refractivity contribution is 5.93. The molecule has 2 unspecified atom stereocenters. The molecular formula is C25H27F3N6O3. The topological polar surface area (TPSA) is 94.8 Å². The summed E-state index contributed by atoms with van der Waals surface area (Å²) in [5.41, 5.74) is 1.97. The molecule has 196 valence electrons. The first-order chi connectivity index (χ1) is 17.8. The lowest BCUT2D eigenvalue weighted by Crippen LogP contribution is -2.42. The molecule has 0 spiro atoms. The van der Waals surface area contributed by atoms with Crippen LogP contribution >= 0.6 is 0 Å². The average molecular weight is 517 g/mol. The van der Waals surface area contributed by atoms with Crippen LogP contribution in [-0.2, 0) is 6.54 Å². The number of nitrogens with one attached hydrogen (secondary N) is 2. The smallest absolute Gasteiger partial charge is 0.393 e. The molecule has 2 atom stereocenters. The highest BCUT2D eigenvalue weighted by atomic mass is 19.4. The summed E-state index contributed by atoms with van der Waals surface area (Å²) in [6.07, 6.45) is -4.35. The van der Waals surface area contributed by atoms with Crippen molar-refractivity contribution in [1.82, 2.24) is 24.9 Å². The first-order valence-electron chi connectivity index (χ1n) is 11.8. The van der Waals surface area contributed by atoms with E-state index in [1.807, 2.05) is 18.2 Å². The number of halogens is 3. The maximum absolute atomic E-state index is 13.4. The summed E-state index contributed by atoms with van der Waals surface area (Å²) < 4.78 is 57.9. The van der Waals surface area contributed by atoms with Gasteiger partial charge in [-0.25, -0.2) is 9.97 Å². The first kappa shape index (κ1) is 24.9. The molecule has 12 heteroatoms. The number of nitrogens with zero attached hydrogens (tertiary/aromatic N) is 4. The highest BCUT2D eigenvalue weighted by Crippen LogP contribution is 2.36. The van der Waals surface area contributed by atoms with E-state index < -0.39 is 18.0 Å². The van der Waals surface area contributed by atoms with Crippen LogP contribution in [-0.4, -0.2) is 60.2 Å². The van der Waals surface area contributed by atoms with E-state index in [-0.39, 0.29) is 13.0 Å². The molecule has 37 heavy (non-hydrogen) atoms. The van der Waals surface area contributed by atoms with Crippen LogP contribution in [0.5, 0.6) is 17.2 Å². The summed E-state index contributed by atoms with van der Waals surface area (Å²) in [5, 5.41) is 11.5. The third-order valence-electron chi connectivity index (χ3n) is 6.61. The Morgan fingerprint density at radius 3 is 2.49 bits per heavy atom. The van der Waals surface area contributed by atoms with Crippen molar-refractivity contribution in [3.63, 3.8) is 0 Å². The van der Waals surface area contributed by atoms with Crippen molar-refractivity contribution in [2.45, 2.75) is 25.1 Å². The molecule has 0 bridgehead atoms. The molecule has 1 saturated heterocycles. The van der Waals surface area contributed by atoms with Crippen LogP contribution < -0.4 is 24.8 Å². The fourth-order valence-electron chi connectivity index (χ4n) is 4.58. The second-order valence-corrected chi connectivity index (χ2v) is 8.88. The standard InChI is InChI=1S/C25H27F3N6O3/c1-35-17-6-7-19-20(9-17)31-24(30-12-14-4-5-18(36-2)10-21(14)37-3)34-23(19)32-22(33-34)15-8-16(13-29-11-15)25(26,27)28/h4-7,9-10,15-16,29H,8,11-13H2,1-3H3,(H,30,31). The number of hydrogen-bond acceptors (Lipinski definition) is 8. The number of rotatable bonds is 7. The van der Waals surface area contributed by atoms with Crippen molar-refractivity contribution in [3.05, 3.63) is 47.8 Å². The summed E-state index contributed by atoms with van der Waals surface area (Å²) in [7, 11) is 4.72. The van der Waals surface area contributed by atoms with Gasteiger partial charge >= 0.3 is 6.18 Å². The predicted octanol–water partition coefficient (Wildman–Crippen LogP) is 4.17. The molecule has 1 aliphatic rings. The Balaban J connectivity index is 1.54. The lowest BCUT2D eigenvalue weighted by molar-refractivity contribution is -0.179. The molecule has 0 saturated carbocycles. The van der Waals surface area contributed by atoms with Crippen molar-refractivity contribution in [2.75, 3.05) is 39.7 Å². The van der Waals surface area contributed by atoms with Crippen molar-refractivity contribution in [1.29, 1.82) is 0 Å². The van der Waals surface area contributed by atoms with Gasteiger partial charge in [-0.05, 0) is 30.7 Å². The Labute approximate surface area is 210 Å². The minimum absolute atomic E-state index is 0.0711. The zero-order chi connectivity index (χ0) is 26.2. The van der Waals surface area contributed by atoms with Gasteiger partial charge in [0, 0.05) is 48.6 Å². The highest BCUT2D eigenvalue weighted by Gasteiger charge is 2.43. The Hall–Kier alpha value is -3.80. The Morgan fingerprint density at radius 1 is 1.00 bits per heavy atom. The second-order valence-electron chi connectivity index (χ2n) is 8.88. The number of alkyl halides is 3. The van der Waals surface area contributed by atoms with Crippen LogP contribution in [0.1, 0.15) is 23.7 Å². The molecule has 0 amide bonds. The van der Waals surface area contributed by atoms with Crippen molar-refractivity contribution in [3.8, 4) is 17.2 Å². The number of ether oxygens (including phenoxy) is 3. The molecule has 2 aromatic carbocycles. The van der Waals surface area contributed by atoms with Crippen molar-refractivity contribution in [2.24, 2.45) is 5.92 Å². The number of anilines is 1. The van der Waals surface area contributed by atoms with E-state index in [0.29, 0.717) is 58.7 Å².